The zero-order valence-electron chi connectivity index (χ0n) is 17.1. The molecule has 1 N–H and O–H groups in total. The van der Waals surface area contributed by atoms with E-state index in [1.54, 1.807) is 11.3 Å². The molecule has 0 saturated heterocycles. The van der Waals surface area contributed by atoms with Crippen LogP contribution >= 0.6 is 11.3 Å². The fourth-order valence-electron chi connectivity index (χ4n) is 3.54. The standard InChI is InChI=1S/C23H31NO2S/c1-15(2)13-26-18-9-7-17(8-10-18)24-22(25)20-14-27-21-12-16(23(3,4)5)6-11-19(20)21/h7-10,14-16H,6,11-13H2,1-5H3,(H,24,25). The molecule has 1 aromatic heterocycles. The van der Waals surface area contributed by atoms with Crippen LogP contribution < -0.4 is 10.1 Å². The topological polar surface area (TPSA) is 38.3 Å². The minimum atomic E-state index is -0.00226. The quantitative estimate of drug-likeness (QED) is 0.667. The molecule has 1 aliphatic carbocycles. The molecule has 27 heavy (non-hydrogen) atoms. The van der Waals surface area contributed by atoms with Crippen LogP contribution in [0.5, 0.6) is 5.75 Å². The molecule has 0 radical (unpaired) electrons. The number of rotatable bonds is 5. The average molecular weight is 386 g/mol. The van der Waals surface area contributed by atoms with E-state index >= 15 is 0 Å². The highest BCUT2D eigenvalue weighted by Crippen LogP contribution is 2.40. The number of fused-ring (bicyclic) bond motifs is 1. The van der Waals surface area contributed by atoms with Gasteiger partial charge in [-0.25, -0.2) is 0 Å². The molecule has 4 heteroatoms. The van der Waals surface area contributed by atoms with Gasteiger partial charge in [-0.1, -0.05) is 34.6 Å². The fraction of sp³-hybridized carbons (Fsp3) is 0.522. The summed E-state index contributed by atoms with van der Waals surface area (Å²) in [5.41, 5.74) is 3.24. The minimum absolute atomic E-state index is 0.00226. The molecular weight excluding hydrogens is 354 g/mol. The summed E-state index contributed by atoms with van der Waals surface area (Å²) < 4.78 is 5.70. The molecule has 1 atom stereocenters. The van der Waals surface area contributed by atoms with Crippen LogP contribution in [-0.4, -0.2) is 12.5 Å². The van der Waals surface area contributed by atoms with Gasteiger partial charge in [0.2, 0.25) is 0 Å². The van der Waals surface area contributed by atoms with E-state index in [4.69, 9.17) is 4.74 Å². The van der Waals surface area contributed by atoms with Crippen LogP contribution in [0.3, 0.4) is 0 Å². The Bertz CT molecular complexity index is 784. The van der Waals surface area contributed by atoms with Crippen molar-refractivity contribution in [1.29, 1.82) is 0 Å². The molecule has 1 unspecified atom stereocenters. The maximum atomic E-state index is 12.8. The predicted octanol–water partition coefficient (Wildman–Crippen LogP) is 6.19. The van der Waals surface area contributed by atoms with Gasteiger partial charge in [0, 0.05) is 15.9 Å². The lowest BCUT2D eigenvalue weighted by atomic mass is 9.72. The van der Waals surface area contributed by atoms with Gasteiger partial charge in [-0.3, -0.25) is 4.79 Å². The van der Waals surface area contributed by atoms with E-state index < -0.39 is 0 Å². The van der Waals surface area contributed by atoms with Gasteiger partial charge in [-0.2, -0.15) is 0 Å². The molecule has 2 aromatic rings. The summed E-state index contributed by atoms with van der Waals surface area (Å²) in [6.45, 7) is 11.9. The molecule has 3 rings (SSSR count). The second-order valence-electron chi connectivity index (χ2n) is 9.04. The van der Waals surface area contributed by atoms with Gasteiger partial charge in [-0.05, 0) is 66.3 Å². The summed E-state index contributed by atoms with van der Waals surface area (Å²) in [7, 11) is 0. The second kappa shape index (κ2) is 8.05. The largest absolute Gasteiger partial charge is 0.493 e. The first kappa shape index (κ1) is 19.9. The number of carbonyl (C=O) groups is 1. The smallest absolute Gasteiger partial charge is 0.256 e. The Balaban J connectivity index is 1.65. The third-order valence-electron chi connectivity index (χ3n) is 5.32. The van der Waals surface area contributed by atoms with E-state index in [0.29, 0.717) is 23.9 Å². The molecule has 0 aliphatic heterocycles. The Kier molecular flexibility index (Phi) is 5.95. The first-order valence-corrected chi connectivity index (χ1v) is 10.8. The summed E-state index contributed by atoms with van der Waals surface area (Å²) in [5.74, 6) is 2.02. The maximum absolute atomic E-state index is 12.8. The first-order chi connectivity index (χ1) is 12.7. The van der Waals surface area contributed by atoms with E-state index in [1.165, 1.54) is 10.4 Å². The lowest BCUT2D eigenvalue weighted by Crippen LogP contribution is -2.27. The lowest BCUT2D eigenvalue weighted by molar-refractivity contribution is 0.102. The number of nitrogens with one attached hydrogen (secondary N) is 1. The number of ether oxygens (including phenoxy) is 1. The van der Waals surface area contributed by atoms with Crippen molar-refractivity contribution in [2.24, 2.45) is 17.3 Å². The number of amides is 1. The second-order valence-corrected chi connectivity index (χ2v) is 10.0. The number of benzene rings is 1. The molecule has 0 saturated carbocycles. The number of anilines is 1. The molecule has 1 aromatic carbocycles. The van der Waals surface area contributed by atoms with Crippen LogP contribution in [0.25, 0.3) is 0 Å². The number of thiophene rings is 1. The van der Waals surface area contributed by atoms with Crippen molar-refractivity contribution in [3.8, 4) is 5.75 Å². The third-order valence-corrected chi connectivity index (χ3v) is 6.37. The van der Waals surface area contributed by atoms with Crippen molar-refractivity contribution in [2.45, 2.75) is 53.9 Å². The Morgan fingerprint density at radius 3 is 2.59 bits per heavy atom. The van der Waals surface area contributed by atoms with Crippen LogP contribution in [0.15, 0.2) is 29.6 Å². The van der Waals surface area contributed by atoms with Crippen LogP contribution in [0.2, 0.25) is 0 Å². The highest BCUT2D eigenvalue weighted by Gasteiger charge is 2.31. The first-order valence-electron chi connectivity index (χ1n) is 9.87. The van der Waals surface area contributed by atoms with Crippen LogP contribution in [0, 0.1) is 17.3 Å². The number of hydrogen-bond donors (Lipinski definition) is 1. The molecule has 0 bridgehead atoms. The zero-order valence-corrected chi connectivity index (χ0v) is 17.9. The molecule has 1 amide bonds. The van der Waals surface area contributed by atoms with Gasteiger partial charge in [0.05, 0.1) is 12.2 Å². The van der Waals surface area contributed by atoms with Crippen molar-refractivity contribution >= 4 is 22.9 Å². The van der Waals surface area contributed by atoms with E-state index in [-0.39, 0.29) is 5.91 Å². The van der Waals surface area contributed by atoms with Gasteiger partial charge in [0.15, 0.2) is 0 Å². The highest BCUT2D eigenvalue weighted by molar-refractivity contribution is 7.10. The normalized spacial score (nSPS) is 16.9. The van der Waals surface area contributed by atoms with Gasteiger partial charge in [-0.15, -0.1) is 11.3 Å². The predicted molar refractivity (Wildman–Crippen MR) is 114 cm³/mol. The van der Waals surface area contributed by atoms with Crippen molar-refractivity contribution in [2.75, 3.05) is 11.9 Å². The van der Waals surface area contributed by atoms with Gasteiger partial charge >= 0.3 is 0 Å². The Labute approximate surface area is 167 Å². The SMILES string of the molecule is CC(C)COc1ccc(NC(=O)c2csc3c2CCC(C(C)(C)C)C3)cc1. The lowest BCUT2D eigenvalue weighted by Gasteiger charge is -2.34. The van der Waals surface area contributed by atoms with E-state index in [2.05, 4.69) is 39.9 Å². The Morgan fingerprint density at radius 1 is 1.26 bits per heavy atom. The summed E-state index contributed by atoms with van der Waals surface area (Å²) in [6.07, 6.45) is 3.26. The van der Waals surface area contributed by atoms with Crippen molar-refractivity contribution in [3.05, 3.63) is 45.6 Å². The van der Waals surface area contributed by atoms with Crippen LogP contribution in [-0.2, 0) is 12.8 Å². The molecule has 0 spiro atoms. The summed E-state index contributed by atoms with van der Waals surface area (Å²) in [4.78, 5) is 14.2. The fourth-order valence-corrected chi connectivity index (χ4v) is 4.70. The maximum Gasteiger partial charge on any atom is 0.256 e. The van der Waals surface area contributed by atoms with Crippen molar-refractivity contribution in [1.82, 2.24) is 0 Å². The molecule has 3 nitrogen and oxygen atoms in total. The minimum Gasteiger partial charge on any atom is -0.493 e. The summed E-state index contributed by atoms with van der Waals surface area (Å²) in [6, 6.07) is 7.63. The molecule has 1 aliphatic rings. The van der Waals surface area contributed by atoms with Gasteiger partial charge < -0.3 is 10.1 Å². The molecule has 146 valence electrons. The van der Waals surface area contributed by atoms with E-state index in [1.807, 2.05) is 29.6 Å². The zero-order chi connectivity index (χ0) is 19.6. The number of hydrogen-bond acceptors (Lipinski definition) is 3. The van der Waals surface area contributed by atoms with E-state index in [9.17, 15) is 4.79 Å². The Hall–Kier alpha value is -1.81. The Morgan fingerprint density at radius 2 is 1.96 bits per heavy atom. The monoisotopic (exact) mass is 385 g/mol. The average Bonchev–Trinajstić information content (AvgIpc) is 3.03. The van der Waals surface area contributed by atoms with Gasteiger partial charge in [0.1, 0.15) is 5.75 Å². The summed E-state index contributed by atoms with van der Waals surface area (Å²) >= 11 is 1.74. The number of carbonyl (C=O) groups excluding carboxylic acids is 1. The van der Waals surface area contributed by atoms with Crippen molar-refractivity contribution < 1.29 is 9.53 Å². The van der Waals surface area contributed by atoms with Gasteiger partial charge in [0.25, 0.3) is 5.91 Å². The summed E-state index contributed by atoms with van der Waals surface area (Å²) in [5, 5.41) is 5.07. The highest BCUT2D eigenvalue weighted by atomic mass is 32.1. The van der Waals surface area contributed by atoms with Crippen molar-refractivity contribution in [3.63, 3.8) is 0 Å². The van der Waals surface area contributed by atoms with Crippen LogP contribution in [0.4, 0.5) is 5.69 Å². The molecule has 1 heterocycles. The van der Waals surface area contributed by atoms with Crippen LogP contribution in [0.1, 0.15) is 61.8 Å². The molecular formula is C23H31NO2S. The molecule has 0 fully saturated rings. The van der Waals surface area contributed by atoms with E-state index in [0.717, 1.165) is 36.3 Å². The third kappa shape index (κ3) is 4.92.